The predicted octanol–water partition coefficient (Wildman–Crippen LogP) is 3.35. The molecule has 1 amide bonds. The van der Waals surface area contributed by atoms with Crippen LogP contribution in [0.5, 0.6) is 0 Å². The first kappa shape index (κ1) is 16.5. The van der Waals surface area contributed by atoms with Gasteiger partial charge in [0, 0.05) is 47.3 Å². The molecule has 0 aromatic heterocycles. The van der Waals surface area contributed by atoms with Crippen LogP contribution in [0, 0.1) is 0 Å². The zero-order chi connectivity index (χ0) is 17.4. The molecule has 2 aromatic rings. The van der Waals surface area contributed by atoms with E-state index in [0.29, 0.717) is 23.7 Å². The molecule has 0 saturated carbocycles. The summed E-state index contributed by atoms with van der Waals surface area (Å²) in [7, 11) is 0. The molecule has 1 saturated heterocycles. The molecule has 2 aliphatic heterocycles. The molecular formula is C19H17ClN2O2S. The van der Waals surface area contributed by atoms with E-state index in [-0.39, 0.29) is 11.7 Å². The molecule has 25 heavy (non-hydrogen) atoms. The lowest BCUT2D eigenvalue weighted by molar-refractivity contribution is -0.130. The van der Waals surface area contributed by atoms with Gasteiger partial charge >= 0.3 is 0 Å². The number of fused-ring (bicyclic) bond motifs is 1. The zero-order valence-corrected chi connectivity index (χ0v) is 15.1. The molecule has 0 radical (unpaired) electrons. The summed E-state index contributed by atoms with van der Waals surface area (Å²) in [5, 5.41) is 0.0911. The molecule has 1 atom stereocenters. The highest BCUT2D eigenvalue weighted by Gasteiger charge is 2.39. The van der Waals surface area contributed by atoms with E-state index < -0.39 is 5.25 Å². The van der Waals surface area contributed by atoms with Crippen LogP contribution in [0.25, 0.3) is 0 Å². The largest absolute Gasteiger partial charge is 0.368 e. The van der Waals surface area contributed by atoms with Crippen LogP contribution in [0.1, 0.15) is 10.4 Å². The fraction of sp³-hybridized carbons (Fsp3) is 0.263. The number of hydrogen-bond acceptors (Lipinski definition) is 4. The average Bonchev–Trinajstić information content (AvgIpc) is 2.99. The van der Waals surface area contributed by atoms with Crippen LogP contribution < -0.4 is 4.90 Å². The van der Waals surface area contributed by atoms with E-state index in [0.717, 1.165) is 23.7 Å². The second-order valence-electron chi connectivity index (χ2n) is 6.15. The molecular weight excluding hydrogens is 356 g/mol. The number of amides is 1. The number of nitrogens with zero attached hydrogens (tertiary/aromatic N) is 2. The highest BCUT2D eigenvalue weighted by atomic mass is 35.5. The molecule has 4 rings (SSSR count). The molecule has 0 spiro atoms. The first-order chi connectivity index (χ1) is 12.1. The highest BCUT2D eigenvalue weighted by molar-refractivity contribution is 8.02. The number of hydrogen-bond donors (Lipinski definition) is 0. The number of carbonyl (C=O) groups excluding carboxylic acids is 2. The summed E-state index contributed by atoms with van der Waals surface area (Å²) in [6, 6.07) is 15.2. The number of ketones is 1. The molecule has 0 N–H and O–H groups in total. The maximum atomic E-state index is 12.8. The number of piperazine rings is 1. The molecule has 1 fully saturated rings. The maximum absolute atomic E-state index is 12.8. The van der Waals surface area contributed by atoms with Crippen molar-refractivity contribution in [2.75, 3.05) is 31.1 Å². The number of anilines is 1. The van der Waals surface area contributed by atoms with Crippen molar-refractivity contribution in [2.24, 2.45) is 0 Å². The van der Waals surface area contributed by atoms with Gasteiger partial charge in [0.05, 0.1) is 0 Å². The number of carbonyl (C=O) groups is 2. The molecule has 0 unspecified atom stereocenters. The third-order valence-electron chi connectivity index (χ3n) is 4.64. The number of thioether (sulfide) groups is 1. The Hall–Kier alpha value is -1.98. The van der Waals surface area contributed by atoms with Crippen molar-refractivity contribution < 1.29 is 9.59 Å². The Morgan fingerprint density at radius 2 is 1.68 bits per heavy atom. The minimum atomic E-state index is -0.625. The Bertz CT molecular complexity index is 816. The third kappa shape index (κ3) is 3.14. The molecule has 2 heterocycles. The first-order valence-corrected chi connectivity index (χ1v) is 9.48. The van der Waals surface area contributed by atoms with Gasteiger partial charge in [-0.15, -0.1) is 11.8 Å². The SMILES string of the molecule is O=C1c2ccccc2S[C@@H]1C(=O)N1CCN(c2ccc(Cl)cc2)CC1. The van der Waals surface area contributed by atoms with Crippen LogP contribution in [0.2, 0.25) is 5.02 Å². The summed E-state index contributed by atoms with van der Waals surface area (Å²) < 4.78 is 0. The molecule has 2 aromatic carbocycles. The molecule has 0 bridgehead atoms. The Morgan fingerprint density at radius 1 is 1.00 bits per heavy atom. The molecule has 0 aliphatic carbocycles. The van der Waals surface area contributed by atoms with Crippen molar-refractivity contribution in [3.63, 3.8) is 0 Å². The van der Waals surface area contributed by atoms with Crippen molar-refractivity contribution in [3.05, 3.63) is 59.1 Å². The topological polar surface area (TPSA) is 40.6 Å². The first-order valence-electron chi connectivity index (χ1n) is 8.23. The van der Waals surface area contributed by atoms with Gasteiger partial charge in [-0.3, -0.25) is 9.59 Å². The molecule has 128 valence electrons. The summed E-state index contributed by atoms with van der Waals surface area (Å²) >= 11 is 7.31. The second kappa shape index (κ2) is 6.73. The van der Waals surface area contributed by atoms with Gasteiger partial charge in [0.1, 0.15) is 0 Å². The third-order valence-corrected chi connectivity index (χ3v) is 6.16. The van der Waals surface area contributed by atoms with Crippen molar-refractivity contribution in [2.45, 2.75) is 10.1 Å². The highest BCUT2D eigenvalue weighted by Crippen LogP contribution is 2.37. The Balaban J connectivity index is 1.41. The van der Waals surface area contributed by atoms with Crippen LogP contribution in [-0.4, -0.2) is 48.0 Å². The smallest absolute Gasteiger partial charge is 0.244 e. The minimum Gasteiger partial charge on any atom is -0.368 e. The van der Waals surface area contributed by atoms with Crippen molar-refractivity contribution in [1.29, 1.82) is 0 Å². The fourth-order valence-corrected chi connectivity index (χ4v) is 4.58. The lowest BCUT2D eigenvalue weighted by Crippen LogP contribution is -2.51. The quantitative estimate of drug-likeness (QED) is 0.758. The zero-order valence-electron chi connectivity index (χ0n) is 13.5. The van der Waals surface area contributed by atoms with Crippen LogP contribution in [0.4, 0.5) is 5.69 Å². The summed E-state index contributed by atoms with van der Waals surface area (Å²) in [6.45, 7) is 2.77. The van der Waals surface area contributed by atoms with E-state index in [1.165, 1.54) is 11.8 Å². The van der Waals surface area contributed by atoms with Crippen molar-refractivity contribution >= 4 is 40.7 Å². The summed E-state index contributed by atoms with van der Waals surface area (Å²) in [4.78, 5) is 30.3. The lowest BCUT2D eigenvalue weighted by atomic mass is 10.1. The van der Waals surface area contributed by atoms with E-state index in [2.05, 4.69) is 4.90 Å². The molecule has 6 heteroatoms. The summed E-state index contributed by atoms with van der Waals surface area (Å²) in [6.07, 6.45) is 0. The van der Waals surface area contributed by atoms with Gasteiger partial charge in [-0.1, -0.05) is 29.8 Å². The Kier molecular flexibility index (Phi) is 4.44. The minimum absolute atomic E-state index is 0.0641. The number of halogens is 1. The normalized spacial score (nSPS) is 19.9. The van der Waals surface area contributed by atoms with Crippen LogP contribution in [0.3, 0.4) is 0 Å². The van der Waals surface area contributed by atoms with E-state index in [1.807, 2.05) is 47.4 Å². The Labute approximate surface area is 155 Å². The van der Waals surface area contributed by atoms with E-state index in [9.17, 15) is 9.59 Å². The predicted molar refractivity (Wildman–Crippen MR) is 101 cm³/mol. The van der Waals surface area contributed by atoms with Crippen LogP contribution in [0.15, 0.2) is 53.4 Å². The van der Waals surface area contributed by atoms with Crippen molar-refractivity contribution in [1.82, 2.24) is 4.90 Å². The van der Waals surface area contributed by atoms with Crippen LogP contribution in [-0.2, 0) is 4.79 Å². The lowest BCUT2D eigenvalue weighted by Gasteiger charge is -2.36. The van der Waals surface area contributed by atoms with Crippen molar-refractivity contribution in [3.8, 4) is 0 Å². The average molecular weight is 373 g/mol. The number of rotatable bonds is 2. The van der Waals surface area contributed by atoms with Gasteiger partial charge in [-0.05, 0) is 30.3 Å². The van der Waals surface area contributed by atoms with E-state index in [1.54, 1.807) is 6.07 Å². The van der Waals surface area contributed by atoms with Gasteiger partial charge in [0.2, 0.25) is 5.91 Å². The van der Waals surface area contributed by atoms with Gasteiger partial charge in [0.15, 0.2) is 11.0 Å². The Morgan fingerprint density at radius 3 is 2.36 bits per heavy atom. The number of Topliss-reactive ketones (excluding diaryl/α,β-unsaturated/α-hetero) is 1. The summed E-state index contributed by atoms with van der Waals surface area (Å²) in [5.41, 5.74) is 1.78. The summed E-state index contributed by atoms with van der Waals surface area (Å²) in [5.74, 6) is -0.132. The number of benzene rings is 2. The van der Waals surface area contributed by atoms with Crippen LogP contribution >= 0.6 is 23.4 Å². The van der Waals surface area contributed by atoms with Gasteiger partial charge in [-0.25, -0.2) is 0 Å². The fourth-order valence-electron chi connectivity index (χ4n) is 3.26. The molecule has 2 aliphatic rings. The maximum Gasteiger partial charge on any atom is 0.244 e. The second-order valence-corrected chi connectivity index (χ2v) is 7.73. The van der Waals surface area contributed by atoms with Gasteiger partial charge < -0.3 is 9.80 Å². The van der Waals surface area contributed by atoms with Gasteiger partial charge in [-0.2, -0.15) is 0 Å². The monoisotopic (exact) mass is 372 g/mol. The van der Waals surface area contributed by atoms with E-state index in [4.69, 9.17) is 11.6 Å². The standard InChI is InChI=1S/C19H17ClN2O2S/c20-13-5-7-14(8-6-13)21-9-11-22(12-10-21)19(24)18-17(23)15-3-1-2-4-16(15)25-18/h1-8,18H,9-12H2/t18-/m0/s1. The molecule has 4 nitrogen and oxygen atoms in total. The van der Waals surface area contributed by atoms with Gasteiger partial charge in [0.25, 0.3) is 0 Å². The van der Waals surface area contributed by atoms with E-state index >= 15 is 0 Å².